The van der Waals surface area contributed by atoms with Gasteiger partial charge in [-0.1, -0.05) is 30.3 Å². The molecule has 1 aromatic rings. The normalized spacial score (nSPS) is 23.1. The average Bonchev–Trinajstić information content (AvgIpc) is 2.78. The van der Waals surface area contributed by atoms with Gasteiger partial charge in [-0.25, -0.2) is 4.79 Å². The maximum Gasteiger partial charge on any atom is 0.410 e. The van der Waals surface area contributed by atoms with Crippen LogP contribution in [0.1, 0.15) is 5.56 Å². The molecule has 1 aromatic carbocycles. The molecule has 1 saturated heterocycles. The van der Waals surface area contributed by atoms with Crippen LogP contribution >= 0.6 is 0 Å². The van der Waals surface area contributed by atoms with Crippen molar-refractivity contribution in [3.63, 3.8) is 0 Å². The highest BCUT2D eigenvalue weighted by atomic mass is 16.6. The largest absolute Gasteiger partial charge is 0.445 e. The number of ether oxygens (including phenoxy) is 2. The number of carbonyl (C=O) groups is 1. The number of hydrogen-bond donors (Lipinski definition) is 1. The maximum atomic E-state index is 11.8. The number of likely N-dealkylation sites (tertiary alicyclic amines) is 1. The second kappa shape index (κ2) is 5.84. The number of rotatable bonds is 3. The lowest BCUT2D eigenvalue weighted by Crippen LogP contribution is -2.34. The van der Waals surface area contributed by atoms with Crippen molar-refractivity contribution in [2.75, 3.05) is 20.2 Å². The van der Waals surface area contributed by atoms with E-state index in [4.69, 9.17) is 15.2 Å². The molecule has 5 nitrogen and oxygen atoms in total. The summed E-state index contributed by atoms with van der Waals surface area (Å²) in [6.45, 7) is 1.25. The number of nitrogens with zero attached hydrogens (tertiary/aromatic N) is 1. The van der Waals surface area contributed by atoms with Crippen LogP contribution in [0, 0.1) is 0 Å². The molecule has 5 heteroatoms. The third kappa shape index (κ3) is 3.00. The van der Waals surface area contributed by atoms with E-state index in [1.54, 1.807) is 12.0 Å². The Morgan fingerprint density at radius 1 is 1.39 bits per heavy atom. The molecule has 1 heterocycles. The first-order chi connectivity index (χ1) is 8.70. The number of benzene rings is 1. The van der Waals surface area contributed by atoms with Gasteiger partial charge in [-0.3, -0.25) is 0 Å². The summed E-state index contributed by atoms with van der Waals surface area (Å²) in [5.41, 5.74) is 6.82. The van der Waals surface area contributed by atoms with Gasteiger partial charge in [0.05, 0.1) is 18.7 Å². The molecular formula is C13H18N2O3. The lowest BCUT2D eigenvalue weighted by Gasteiger charge is -2.15. The fourth-order valence-corrected chi connectivity index (χ4v) is 2.01. The van der Waals surface area contributed by atoms with Gasteiger partial charge in [0.2, 0.25) is 0 Å². The van der Waals surface area contributed by atoms with E-state index in [-0.39, 0.29) is 24.8 Å². The predicted molar refractivity (Wildman–Crippen MR) is 67.0 cm³/mol. The Bertz CT molecular complexity index is 396. The summed E-state index contributed by atoms with van der Waals surface area (Å²) in [4.78, 5) is 13.4. The third-order valence-electron chi connectivity index (χ3n) is 3.08. The van der Waals surface area contributed by atoms with Gasteiger partial charge in [-0.2, -0.15) is 0 Å². The quantitative estimate of drug-likeness (QED) is 0.868. The maximum absolute atomic E-state index is 11.8. The smallest absolute Gasteiger partial charge is 0.410 e. The highest BCUT2D eigenvalue weighted by Crippen LogP contribution is 2.13. The topological polar surface area (TPSA) is 64.8 Å². The summed E-state index contributed by atoms with van der Waals surface area (Å²) in [5, 5.41) is 0. The van der Waals surface area contributed by atoms with Crippen molar-refractivity contribution in [3.05, 3.63) is 35.9 Å². The zero-order valence-electron chi connectivity index (χ0n) is 10.4. The molecule has 0 aliphatic carbocycles. The molecule has 0 radical (unpaired) electrons. The van der Waals surface area contributed by atoms with E-state index in [9.17, 15) is 4.79 Å². The van der Waals surface area contributed by atoms with Gasteiger partial charge in [0.25, 0.3) is 0 Å². The van der Waals surface area contributed by atoms with E-state index in [1.165, 1.54) is 0 Å². The van der Waals surface area contributed by atoms with Crippen molar-refractivity contribution >= 4 is 6.09 Å². The second-order valence-electron chi connectivity index (χ2n) is 4.38. The molecule has 1 aliphatic rings. The summed E-state index contributed by atoms with van der Waals surface area (Å²) in [7, 11) is 1.60. The predicted octanol–water partition coefficient (Wildman–Crippen LogP) is 0.981. The molecule has 18 heavy (non-hydrogen) atoms. The second-order valence-corrected chi connectivity index (χ2v) is 4.38. The zero-order chi connectivity index (χ0) is 13.0. The van der Waals surface area contributed by atoms with E-state index >= 15 is 0 Å². The molecule has 0 saturated carbocycles. The summed E-state index contributed by atoms with van der Waals surface area (Å²) in [5.74, 6) is 0. The fourth-order valence-electron chi connectivity index (χ4n) is 2.01. The van der Waals surface area contributed by atoms with E-state index in [2.05, 4.69) is 0 Å². The molecule has 0 spiro atoms. The van der Waals surface area contributed by atoms with Crippen LogP contribution in [0.25, 0.3) is 0 Å². The Labute approximate surface area is 106 Å². The molecule has 0 bridgehead atoms. The lowest BCUT2D eigenvalue weighted by molar-refractivity contribution is 0.0820. The molecule has 2 rings (SSSR count). The van der Waals surface area contributed by atoms with Crippen LogP contribution in [0.2, 0.25) is 0 Å². The molecule has 1 fully saturated rings. The minimum Gasteiger partial charge on any atom is -0.445 e. The van der Waals surface area contributed by atoms with Crippen LogP contribution < -0.4 is 5.73 Å². The molecular weight excluding hydrogens is 232 g/mol. The van der Waals surface area contributed by atoms with Crippen LogP contribution in [-0.4, -0.2) is 43.3 Å². The zero-order valence-corrected chi connectivity index (χ0v) is 10.4. The van der Waals surface area contributed by atoms with E-state index in [1.807, 2.05) is 30.3 Å². The molecule has 0 aromatic heterocycles. The van der Waals surface area contributed by atoms with Crippen LogP contribution in [0.4, 0.5) is 4.79 Å². The van der Waals surface area contributed by atoms with Gasteiger partial charge in [0.15, 0.2) is 0 Å². The van der Waals surface area contributed by atoms with Gasteiger partial charge >= 0.3 is 6.09 Å². The van der Waals surface area contributed by atoms with Crippen LogP contribution in [0.3, 0.4) is 0 Å². The summed E-state index contributed by atoms with van der Waals surface area (Å²) >= 11 is 0. The molecule has 1 aliphatic heterocycles. The number of carbonyl (C=O) groups excluding carboxylic acids is 1. The van der Waals surface area contributed by atoms with Gasteiger partial charge in [0.1, 0.15) is 6.61 Å². The lowest BCUT2D eigenvalue weighted by atomic mass is 10.2. The van der Waals surface area contributed by atoms with Gasteiger partial charge < -0.3 is 20.1 Å². The number of nitrogens with two attached hydrogens (primary N) is 1. The molecule has 0 unspecified atom stereocenters. The molecule has 2 N–H and O–H groups in total. The highest BCUT2D eigenvalue weighted by Gasteiger charge is 2.33. The highest BCUT2D eigenvalue weighted by molar-refractivity contribution is 5.68. The Morgan fingerprint density at radius 3 is 2.72 bits per heavy atom. The number of hydrogen-bond acceptors (Lipinski definition) is 4. The monoisotopic (exact) mass is 250 g/mol. The number of amides is 1. The Hall–Kier alpha value is -1.59. The molecule has 2 atom stereocenters. The summed E-state index contributed by atoms with van der Waals surface area (Å²) in [6, 6.07) is 9.45. The Balaban J connectivity index is 1.82. The van der Waals surface area contributed by atoms with Gasteiger partial charge in [-0.05, 0) is 5.56 Å². The van der Waals surface area contributed by atoms with Crippen LogP contribution in [0.5, 0.6) is 0 Å². The fraction of sp³-hybridized carbons (Fsp3) is 0.462. The first-order valence-corrected chi connectivity index (χ1v) is 5.94. The molecule has 1 amide bonds. The first-order valence-electron chi connectivity index (χ1n) is 5.94. The van der Waals surface area contributed by atoms with Crippen molar-refractivity contribution in [1.82, 2.24) is 4.90 Å². The van der Waals surface area contributed by atoms with Crippen LogP contribution in [0.15, 0.2) is 30.3 Å². The van der Waals surface area contributed by atoms with Gasteiger partial charge in [-0.15, -0.1) is 0 Å². The van der Waals surface area contributed by atoms with Crippen molar-refractivity contribution in [2.24, 2.45) is 5.73 Å². The van der Waals surface area contributed by atoms with E-state index in [0.29, 0.717) is 13.1 Å². The standard InChI is InChI=1S/C13H18N2O3/c1-17-12-8-15(7-11(12)14)13(16)18-9-10-5-3-2-4-6-10/h2-6,11-12H,7-9,14H2,1H3/t11-,12-/m0/s1. The minimum absolute atomic E-state index is 0.103. The first kappa shape index (κ1) is 12.9. The summed E-state index contributed by atoms with van der Waals surface area (Å²) < 4.78 is 10.4. The van der Waals surface area contributed by atoms with Crippen molar-refractivity contribution in [1.29, 1.82) is 0 Å². The SMILES string of the molecule is CO[C@H]1CN(C(=O)OCc2ccccc2)C[C@@H]1N. The van der Waals surface area contributed by atoms with Crippen molar-refractivity contribution in [2.45, 2.75) is 18.8 Å². The number of methoxy groups -OCH3 is 1. The Morgan fingerprint density at radius 2 is 2.11 bits per heavy atom. The summed E-state index contributed by atoms with van der Waals surface area (Å²) in [6.07, 6.45) is -0.442. The van der Waals surface area contributed by atoms with E-state index < -0.39 is 0 Å². The van der Waals surface area contributed by atoms with Gasteiger partial charge in [0, 0.05) is 13.7 Å². The van der Waals surface area contributed by atoms with E-state index in [0.717, 1.165) is 5.56 Å². The third-order valence-corrected chi connectivity index (χ3v) is 3.08. The van der Waals surface area contributed by atoms with Crippen molar-refractivity contribution < 1.29 is 14.3 Å². The van der Waals surface area contributed by atoms with Crippen LogP contribution in [-0.2, 0) is 16.1 Å². The Kier molecular flexibility index (Phi) is 4.17. The van der Waals surface area contributed by atoms with Crippen molar-refractivity contribution in [3.8, 4) is 0 Å². The minimum atomic E-state index is -0.339. The molecule has 98 valence electrons. The average molecular weight is 250 g/mol.